The molecule has 1 atom stereocenters. The number of aromatic nitrogens is 5. The van der Waals surface area contributed by atoms with Crippen molar-refractivity contribution < 1.29 is 13.9 Å². The van der Waals surface area contributed by atoms with E-state index in [9.17, 15) is 4.79 Å². The van der Waals surface area contributed by atoms with Crippen LogP contribution in [0.5, 0.6) is 5.88 Å². The van der Waals surface area contributed by atoms with Gasteiger partial charge in [-0.05, 0) is 51.0 Å². The van der Waals surface area contributed by atoms with Gasteiger partial charge in [0.15, 0.2) is 5.82 Å². The Morgan fingerprint density at radius 2 is 2.06 bits per heavy atom. The van der Waals surface area contributed by atoms with Crippen molar-refractivity contribution >= 4 is 28.4 Å². The molecule has 9 nitrogen and oxygen atoms in total. The zero-order chi connectivity index (χ0) is 24.1. The molecule has 10 heteroatoms. The molecule has 3 aromatic heterocycles. The first-order valence-electron chi connectivity index (χ1n) is 11.4. The van der Waals surface area contributed by atoms with Crippen LogP contribution in [0.25, 0.3) is 27.7 Å². The van der Waals surface area contributed by atoms with Gasteiger partial charge in [-0.3, -0.25) is 4.79 Å². The van der Waals surface area contributed by atoms with Gasteiger partial charge >= 0.3 is 0 Å². The summed E-state index contributed by atoms with van der Waals surface area (Å²) in [5.41, 5.74) is 3.22. The van der Waals surface area contributed by atoms with Crippen LogP contribution in [-0.4, -0.2) is 61.7 Å². The van der Waals surface area contributed by atoms with Gasteiger partial charge in [-0.25, -0.2) is 13.9 Å². The van der Waals surface area contributed by atoms with Crippen LogP contribution in [0, 0.1) is 12.7 Å². The number of methoxy groups -OCH3 is 1. The number of ether oxygens (including phenoxy) is 1. The molecule has 0 unspecified atom stereocenters. The zero-order valence-corrected chi connectivity index (χ0v) is 20.0. The Bertz CT molecular complexity index is 1410. The number of carbonyl (C=O) groups is 1. The first-order valence-corrected chi connectivity index (χ1v) is 11.4. The van der Waals surface area contributed by atoms with Crippen LogP contribution in [0.1, 0.15) is 38.6 Å². The average molecular weight is 466 g/mol. The number of nitrogens with one attached hydrogen (secondary N) is 1. The second kappa shape index (κ2) is 8.27. The van der Waals surface area contributed by atoms with Gasteiger partial charge in [0.1, 0.15) is 16.9 Å². The van der Waals surface area contributed by atoms with Gasteiger partial charge in [0.2, 0.25) is 17.7 Å². The number of likely N-dealkylation sites (N-methyl/N-ethyl adjacent to an activating group) is 1. The smallest absolute Gasteiger partial charge is 0.244 e. The Kier molecular flexibility index (Phi) is 5.38. The number of amides is 1. The Morgan fingerprint density at radius 3 is 2.76 bits per heavy atom. The number of imidazole rings is 1. The number of hydrogen-bond donors (Lipinski definition) is 1. The van der Waals surface area contributed by atoms with Gasteiger partial charge in [0.05, 0.1) is 12.6 Å². The molecule has 1 fully saturated rings. The van der Waals surface area contributed by atoms with Crippen LogP contribution < -0.4 is 10.1 Å². The molecular formula is C24H28FN7O2. The summed E-state index contributed by atoms with van der Waals surface area (Å²) in [4.78, 5) is 22.5. The standard InChI is InChI=1S/C24H28FN7O2/c1-13(2)32-14(3)26-21-18(25)10-15(11-19(21)32)17-8-9-31-22(17)23(34-5)28-24(29-31)27-16-6-7-20(33)30(4)12-16/h8-11,13,16H,6-7,12H2,1-5H3,(H,27,29)/t16-/m0/s1. The number of aryl methyl sites for hydroxylation is 1. The zero-order valence-electron chi connectivity index (χ0n) is 20.0. The molecule has 0 saturated carbocycles. The summed E-state index contributed by atoms with van der Waals surface area (Å²) < 4.78 is 24.4. The van der Waals surface area contributed by atoms with Gasteiger partial charge < -0.3 is 19.5 Å². The van der Waals surface area contributed by atoms with E-state index in [2.05, 4.69) is 34.2 Å². The van der Waals surface area contributed by atoms with Gasteiger partial charge in [0, 0.05) is 43.9 Å². The number of halogens is 1. The molecule has 5 rings (SSSR count). The number of hydrogen-bond acceptors (Lipinski definition) is 6. The molecule has 0 aliphatic carbocycles. The number of fused-ring (bicyclic) bond motifs is 2. The van der Waals surface area contributed by atoms with Crippen molar-refractivity contribution in [2.75, 3.05) is 26.0 Å². The molecule has 1 aliphatic rings. The molecule has 0 bridgehead atoms. The molecule has 4 heterocycles. The summed E-state index contributed by atoms with van der Waals surface area (Å²) in [5, 5.41) is 7.92. The third kappa shape index (κ3) is 3.63. The fraction of sp³-hybridized carbons (Fsp3) is 0.417. The van der Waals surface area contributed by atoms with Crippen LogP contribution >= 0.6 is 0 Å². The molecular weight excluding hydrogens is 437 g/mol. The maximum atomic E-state index is 15.1. The SMILES string of the molecule is COc1nc(N[C@H]2CCC(=O)N(C)C2)nn2ccc(-c3cc(F)c4nc(C)n(C(C)C)c4c3)c12. The molecule has 1 amide bonds. The molecule has 4 aromatic rings. The predicted molar refractivity (Wildman–Crippen MR) is 128 cm³/mol. The van der Waals surface area contributed by atoms with E-state index in [1.165, 1.54) is 6.07 Å². The molecule has 1 aliphatic heterocycles. The number of piperidine rings is 1. The summed E-state index contributed by atoms with van der Waals surface area (Å²) in [6, 6.07) is 5.53. The van der Waals surface area contributed by atoms with Crippen molar-refractivity contribution in [1.29, 1.82) is 0 Å². The number of benzene rings is 1. The highest BCUT2D eigenvalue weighted by Gasteiger charge is 2.25. The molecule has 0 radical (unpaired) electrons. The topological polar surface area (TPSA) is 89.6 Å². The molecule has 34 heavy (non-hydrogen) atoms. The second-order valence-corrected chi connectivity index (χ2v) is 9.07. The summed E-state index contributed by atoms with van der Waals surface area (Å²) in [5.74, 6) is 1.33. The third-order valence-corrected chi connectivity index (χ3v) is 6.38. The van der Waals surface area contributed by atoms with E-state index < -0.39 is 0 Å². The Labute approximate surface area is 196 Å². The molecule has 0 spiro atoms. The van der Waals surface area contributed by atoms with E-state index in [0.717, 1.165) is 16.9 Å². The van der Waals surface area contributed by atoms with Gasteiger partial charge in [-0.2, -0.15) is 4.98 Å². The van der Waals surface area contributed by atoms with Crippen LogP contribution in [0.15, 0.2) is 24.4 Å². The minimum absolute atomic E-state index is 0.0518. The summed E-state index contributed by atoms with van der Waals surface area (Å²) >= 11 is 0. The maximum Gasteiger partial charge on any atom is 0.244 e. The maximum absolute atomic E-state index is 15.1. The van der Waals surface area contributed by atoms with Crippen LogP contribution in [0.4, 0.5) is 10.3 Å². The monoisotopic (exact) mass is 465 g/mol. The molecule has 178 valence electrons. The van der Waals surface area contributed by atoms with E-state index in [1.54, 1.807) is 23.6 Å². The van der Waals surface area contributed by atoms with E-state index in [-0.39, 0.29) is 23.8 Å². The lowest BCUT2D eigenvalue weighted by Gasteiger charge is -2.30. The Morgan fingerprint density at radius 1 is 1.26 bits per heavy atom. The van der Waals surface area contributed by atoms with Crippen LogP contribution in [0.2, 0.25) is 0 Å². The van der Waals surface area contributed by atoms with Crippen molar-refractivity contribution in [3.63, 3.8) is 0 Å². The average Bonchev–Trinajstić information content (AvgIpc) is 3.36. The summed E-state index contributed by atoms with van der Waals surface area (Å²) in [6.07, 6.45) is 3.01. The normalized spacial score (nSPS) is 16.7. The number of rotatable bonds is 5. The predicted octanol–water partition coefficient (Wildman–Crippen LogP) is 3.82. The lowest BCUT2D eigenvalue weighted by atomic mass is 10.1. The molecule has 1 saturated heterocycles. The number of nitrogens with zero attached hydrogens (tertiary/aromatic N) is 6. The van der Waals surface area contributed by atoms with Crippen molar-refractivity contribution in [2.45, 2.75) is 45.7 Å². The first kappa shape index (κ1) is 22.1. The highest BCUT2D eigenvalue weighted by Crippen LogP contribution is 2.35. The minimum atomic E-state index is -0.372. The Hall–Kier alpha value is -3.69. The highest BCUT2D eigenvalue weighted by molar-refractivity contribution is 5.90. The largest absolute Gasteiger partial charge is 0.479 e. The first-order chi connectivity index (χ1) is 16.3. The highest BCUT2D eigenvalue weighted by atomic mass is 19.1. The van der Waals surface area contributed by atoms with Gasteiger partial charge in [-0.15, -0.1) is 5.10 Å². The molecule has 1 aromatic carbocycles. The van der Waals surface area contributed by atoms with E-state index in [1.807, 2.05) is 29.8 Å². The van der Waals surface area contributed by atoms with Gasteiger partial charge in [-0.1, -0.05) is 0 Å². The van der Waals surface area contributed by atoms with Crippen LogP contribution in [0.3, 0.4) is 0 Å². The fourth-order valence-corrected chi connectivity index (χ4v) is 4.82. The van der Waals surface area contributed by atoms with Crippen molar-refractivity contribution in [2.24, 2.45) is 0 Å². The summed E-state index contributed by atoms with van der Waals surface area (Å²) in [7, 11) is 3.35. The summed E-state index contributed by atoms with van der Waals surface area (Å²) in [6.45, 7) is 6.58. The lowest BCUT2D eigenvalue weighted by molar-refractivity contribution is -0.132. The van der Waals surface area contributed by atoms with Crippen molar-refractivity contribution in [3.8, 4) is 17.0 Å². The Balaban J connectivity index is 1.57. The van der Waals surface area contributed by atoms with E-state index >= 15 is 4.39 Å². The number of likely N-dealkylation sites (tertiary alicyclic amines) is 1. The lowest BCUT2D eigenvalue weighted by Crippen LogP contribution is -2.43. The molecule has 1 N–H and O–H groups in total. The number of carbonyl (C=O) groups excluding carboxylic acids is 1. The third-order valence-electron chi connectivity index (χ3n) is 6.38. The van der Waals surface area contributed by atoms with Crippen molar-refractivity contribution in [1.82, 2.24) is 29.0 Å². The quantitative estimate of drug-likeness (QED) is 0.482. The second-order valence-electron chi connectivity index (χ2n) is 9.07. The minimum Gasteiger partial charge on any atom is -0.479 e. The van der Waals surface area contributed by atoms with Crippen molar-refractivity contribution in [3.05, 3.63) is 36.0 Å². The number of anilines is 1. The van der Waals surface area contributed by atoms with Crippen LogP contribution in [-0.2, 0) is 4.79 Å². The van der Waals surface area contributed by atoms with Gasteiger partial charge in [0.25, 0.3) is 0 Å². The van der Waals surface area contributed by atoms with E-state index in [4.69, 9.17) is 4.74 Å². The van der Waals surface area contributed by atoms with E-state index in [0.29, 0.717) is 47.8 Å². The fourth-order valence-electron chi connectivity index (χ4n) is 4.82.